The number of phenolic OH excluding ortho intramolecular Hbond substituents is 1. The zero-order valence-electron chi connectivity index (χ0n) is 36.5. The summed E-state index contributed by atoms with van der Waals surface area (Å²) < 4.78 is 70.8. The van der Waals surface area contributed by atoms with E-state index < -0.39 is 89.7 Å². The molecule has 0 amide bonds. The maximum Gasteiger partial charge on any atom is 0.311 e. The summed E-state index contributed by atoms with van der Waals surface area (Å²) in [6, 6.07) is 14.0. The monoisotopic (exact) mass is 755 g/mol. The minimum Gasteiger partial charge on any atom is -0.508 e. The van der Waals surface area contributed by atoms with Crippen LogP contribution in [0, 0.1) is 21.7 Å². The third-order valence-corrected chi connectivity index (χ3v) is 8.48. The number of esters is 4. The summed E-state index contributed by atoms with van der Waals surface area (Å²) in [6.07, 6.45) is -5.51. The molecule has 0 bridgehead atoms. The summed E-state index contributed by atoms with van der Waals surface area (Å²) in [5.41, 5.74) is -3.74. The third kappa shape index (κ3) is 10.5. The van der Waals surface area contributed by atoms with Crippen LogP contribution in [0.2, 0.25) is 0 Å². The summed E-state index contributed by atoms with van der Waals surface area (Å²) in [7, 11) is 0. The fourth-order valence-electron chi connectivity index (χ4n) is 5.26. The van der Waals surface area contributed by atoms with Crippen LogP contribution in [0.15, 0.2) is 54.7 Å². The van der Waals surface area contributed by atoms with Crippen LogP contribution in [0.1, 0.15) is 94.0 Å². The first-order valence-electron chi connectivity index (χ1n) is 20.6. The SMILES string of the molecule is [2H]CC(C)(C)C(=O)OC[C@H]1OC(Oc2cccc3ccn(CCc4ccc(O)cc4)c23)[C@H](OC(=O)C(C)(C)C[2H])[C@@H](OC(=O)C(C)(C)C[2H])[C@@H]1OC(=O)C(C)(C)C[2H]. The van der Waals surface area contributed by atoms with Crippen molar-refractivity contribution in [1.82, 2.24) is 4.57 Å². The van der Waals surface area contributed by atoms with Gasteiger partial charge in [-0.15, -0.1) is 0 Å². The van der Waals surface area contributed by atoms with Crippen molar-refractivity contribution in [3.63, 3.8) is 0 Å². The largest absolute Gasteiger partial charge is 0.508 e. The van der Waals surface area contributed by atoms with Gasteiger partial charge < -0.3 is 38.1 Å². The minimum atomic E-state index is -1.68. The summed E-state index contributed by atoms with van der Waals surface area (Å²) in [5, 5.41) is 10.5. The van der Waals surface area contributed by atoms with E-state index in [2.05, 4.69) is 0 Å². The number of hydrogen-bond acceptors (Lipinski definition) is 11. The van der Waals surface area contributed by atoms with E-state index in [4.69, 9.17) is 33.9 Å². The third-order valence-electron chi connectivity index (χ3n) is 8.48. The maximum absolute atomic E-state index is 13.8. The minimum absolute atomic E-state index is 0.150. The topological polar surface area (TPSA) is 149 Å². The van der Waals surface area contributed by atoms with Crippen molar-refractivity contribution in [2.24, 2.45) is 21.7 Å². The van der Waals surface area contributed by atoms with E-state index >= 15 is 0 Å². The second kappa shape index (κ2) is 16.0. The molecule has 1 fully saturated rings. The smallest absolute Gasteiger partial charge is 0.311 e. The molecule has 1 unspecified atom stereocenters. The zero-order valence-corrected chi connectivity index (χ0v) is 32.5. The molecule has 0 aliphatic carbocycles. The number of benzene rings is 2. The van der Waals surface area contributed by atoms with Gasteiger partial charge in [0.2, 0.25) is 12.4 Å². The lowest BCUT2D eigenvalue weighted by molar-refractivity contribution is -0.293. The van der Waals surface area contributed by atoms with Crippen molar-refractivity contribution < 1.29 is 58.2 Å². The molecule has 12 heteroatoms. The Kier molecular flexibility index (Phi) is 10.8. The molecule has 54 heavy (non-hydrogen) atoms. The number of fused-ring (bicyclic) bond motifs is 1. The molecule has 5 atom stereocenters. The Morgan fingerprint density at radius 2 is 1.26 bits per heavy atom. The number of phenols is 1. The molecule has 0 saturated carbocycles. The van der Waals surface area contributed by atoms with Crippen LogP contribution in [-0.2, 0) is 55.8 Å². The van der Waals surface area contributed by atoms with Gasteiger partial charge in [-0.1, -0.05) is 24.3 Å². The average Bonchev–Trinajstić information content (AvgIpc) is 3.62. The molecule has 296 valence electrons. The quantitative estimate of drug-likeness (QED) is 0.166. The summed E-state index contributed by atoms with van der Waals surface area (Å²) in [5.74, 6) is -2.99. The zero-order chi connectivity index (χ0) is 43.2. The molecule has 1 aromatic heterocycles. The van der Waals surface area contributed by atoms with Crippen LogP contribution in [-0.4, -0.2) is 70.9 Å². The van der Waals surface area contributed by atoms with Gasteiger partial charge in [0.25, 0.3) is 0 Å². The van der Waals surface area contributed by atoms with Crippen molar-refractivity contribution in [2.75, 3.05) is 6.61 Å². The highest BCUT2D eigenvalue weighted by Crippen LogP contribution is 2.37. The Hall–Kier alpha value is -4.58. The highest BCUT2D eigenvalue weighted by Gasteiger charge is 2.55. The van der Waals surface area contributed by atoms with Gasteiger partial charge in [-0.05, 0) is 119 Å². The lowest BCUT2D eigenvalue weighted by atomic mass is 9.93. The van der Waals surface area contributed by atoms with Gasteiger partial charge in [-0.2, -0.15) is 0 Å². The normalized spacial score (nSPS) is 21.9. The molecule has 3 aromatic rings. The molecule has 12 nitrogen and oxygen atoms in total. The van der Waals surface area contributed by atoms with E-state index in [1.54, 1.807) is 24.3 Å². The molecule has 1 N–H and O–H groups in total. The van der Waals surface area contributed by atoms with Crippen molar-refractivity contribution in [3.8, 4) is 11.5 Å². The Morgan fingerprint density at radius 3 is 1.83 bits per heavy atom. The van der Waals surface area contributed by atoms with Crippen LogP contribution >= 0.6 is 0 Å². The van der Waals surface area contributed by atoms with Crippen LogP contribution in [0.5, 0.6) is 11.5 Å². The Balaban J connectivity index is 1.88. The lowest BCUT2D eigenvalue weighted by Gasteiger charge is -2.45. The maximum atomic E-state index is 13.8. The van der Waals surface area contributed by atoms with Crippen molar-refractivity contribution in [2.45, 2.75) is 127 Å². The van der Waals surface area contributed by atoms with E-state index in [9.17, 15) is 24.3 Å². The highest BCUT2D eigenvalue weighted by molar-refractivity contribution is 5.86. The predicted octanol–water partition coefficient (Wildman–Crippen LogP) is 7.16. The van der Waals surface area contributed by atoms with Crippen molar-refractivity contribution in [3.05, 3.63) is 60.3 Å². The van der Waals surface area contributed by atoms with Gasteiger partial charge in [-0.3, -0.25) is 19.2 Å². The van der Waals surface area contributed by atoms with E-state index in [1.807, 2.05) is 35.0 Å². The number of nitrogens with zero attached hydrogens (tertiary/aromatic N) is 1. The Labute approximate surface area is 324 Å². The molecule has 2 aromatic carbocycles. The molecule has 0 radical (unpaired) electrons. The average molecular weight is 756 g/mol. The number of aromatic hydroxyl groups is 1. The summed E-state index contributed by atoms with van der Waals surface area (Å²) in [4.78, 5) is 54.6. The molecule has 2 heterocycles. The molecule has 1 aliphatic heterocycles. The Morgan fingerprint density at radius 1 is 0.722 bits per heavy atom. The lowest BCUT2D eigenvalue weighted by Crippen LogP contribution is -2.64. The number of carbonyl (C=O) groups is 4. The van der Waals surface area contributed by atoms with Crippen LogP contribution in [0.4, 0.5) is 0 Å². The van der Waals surface area contributed by atoms with Gasteiger partial charge in [0.15, 0.2) is 12.2 Å². The first-order valence-corrected chi connectivity index (χ1v) is 17.8. The number of aromatic nitrogens is 1. The Bertz CT molecular complexity index is 1910. The van der Waals surface area contributed by atoms with E-state index in [-0.39, 0.29) is 32.2 Å². The van der Waals surface area contributed by atoms with Gasteiger partial charge in [0.1, 0.15) is 24.2 Å². The summed E-state index contributed by atoms with van der Waals surface area (Å²) in [6.45, 7) is 10.4. The van der Waals surface area contributed by atoms with Gasteiger partial charge in [0, 0.05) is 23.6 Å². The van der Waals surface area contributed by atoms with Gasteiger partial charge in [0.05, 0.1) is 27.2 Å². The second-order valence-electron chi connectivity index (χ2n) is 16.5. The van der Waals surface area contributed by atoms with Crippen LogP contribution < -0.4 is 4.74 Å². The fraction of sp³-hybridized carbons (Fsp3) is 0.571. The predicted molar refractivity (Wildman–Crippen MR) is 201 cm³/mol. The number of ether oxygens (including phenoxy) is 6. The molecule has 1 aliphatic rings. The van der Waals surface area contributed by atoms with E-state index in [0.29, 0.717) is 18.5 Å². The van der Waals surface area contributed by atoms with Crippen LogP contribution in [0.3, 0.4) is 0 Å². The highest BCUT2D eigenvalue weighted by atomic mass is 16.7. The van der Waals surface area contributed by atoms with Gasteiger partial charge >= 0.3 is 23.9 Å². The van der Waals surface area contributed by atoms with Crippen LogP contribution in [0.25, 0.3) is 10.9 Å². The van der Waals surface area contributed by atoms with E-state index in [0.717, 1.165) is 10.9 Å². The molecule has 4 rings (SSSR count). The first-order chi connectivity index (χ1) is 27.1. The molecule has 1 saturated heterocycles. The number of carbonyl (C=O) groups excluding carboxylic acids is 4. The molecular formula is C42H57NO11. The van der Waals surface area contributed by atoms with Crippen molar-refractivity contribution >= 4 is 34.8 Å². The number of para-hydroxylation sites is 1. The molecular weight excluding hydrogens is 694 g/mol. The number of aryl methyl sites for hydroxylation is 2. The first kappa shape index (κ1) is 36.4. The standard InChI is InChI=1S/C42H57NO11/c1-39(2,3)35(45)49-24-29-31(52-36(46)40(4,5)6)32(53-37(47)41(7,8)9)33(54-38(48)42(10,11)12)34(51-29)50-28-15-13-14-26-21-23-43(30(26)28)22-20-25-16-18-27(44)19-17-25/h13-19,21,23,29,31-34,44H,20,22,24H2,1-12H3/t29-,31-,32+,33-,34?/m1/s1/i1D,4D,7D,10D. The number of hydrogen-bond donors (Lipinski definition) is 1. The van der Waals surface area contributed by atoms with E-state index in [1.165, 1.54) is 55.4 Å². The van der Waals surface area contributed by atoms with Crippen molar-refractivity contribution in [1.29, 1.82) is 0 Å². The number of rotatable bonds is 10. The second-order valence-corrected chi connectivity index (χ2v) is 16.5. The fourth-order valence-corrected chi connectivity index (χ4v) is 5.26. The van der Waals surface area contributed by atoms with Gasteiger partial charge in [-0.25, -0.2) is 0 Å². The molecule has 0 spiro atoms. The summed E-state index contributed by atoms with van der Waals surface area (Å²) >= 11 is 0.